The molecule has 0 saturated carbocycles. The Balaban J connectivity index is 1.51. The lowest BCUT2D eigenvalue weighted by Gasteiger charge is -2.36. The zero-order chi connectivity index (χ0) is 20.9. The van der Waals surface area contributed by atoms with Gasteiger partial charge in [0.2, 0.25) is 0 Å². The highest BCUT2D eigenvalue weighted by atomic mass is 16.5. The minimum absolute atomic E-state index is 0.0129. The summed E-state index contributed by atoms with van der Waals surface area (Å²) < 4.78 is 6.21. The molecule has 1 N–H and O–H groups in total. The number of aromatic amines is 1. The molecule has 2 aromatic rings. The van der Waals surface area contributed by atoms with Gasteiger partial charge in [-0.05, 0) is 48.4 Å². The lowest BCUT2D eigenvalue weighted by molar-refractivity contribution is 0.0781. The van der Waals surface area contributed by atoms with Crippen molar-refractivity contribution in [2.24, 2.45) is 5.41 Å². The summed E-state index contributed by atoms with van der Waals surface area (Å²) in [7, 11) is 1.83. The maximum Gasteiger partial charge on any atom is 0.253 e. The van der Waals surface area contributed by atoms with E-state index in [0.29, 0.717) is 17.5 Å². The van der Waals surface area contributed by atoms with E-state index in [0.717, 1.165) is 50.2 Å². The molecule has 1 aliphatic heterocycles. The highest BCUT2D eigenvalue weighted by Gasteiger charge is 2.24. The summed E-state index contributed by atoms with van der Waals surface area (Å²) in [6.07, 6.45) is 6.70. The average molecular weight is 399 g/mol. The van der Waals surface area contributed by atoms with E-state index in [1.165, 1.54) is 0 Å². The third-order valence-electron chi connectivity index (χ3n) is 5.25. The second-order valence-electron chi connectivity index (χ2n) is 9.27. The first-order valence-electron chi connectivity index (χ1n) is 10.5. The number of piperidine rings is 1. The van der Waals surface area contributed by atoms with Crippen LogP contribution in [0.25, 0.3) is 0 Å². The number of hydrogen-bond donors (Lipinski definition) is 1. The van der Waals surface area contributed by atoms with Crippen LogP contribution in [-0.2, 0) is 6.42 Å². The maximum atomic E-state index is 12.8. The quantitative estimate of drug-likeness (QED) is 0.774. The molecule has 0 aliphatic carbocycles. The van der Waals surface area contributed by atoms with E-state index in [1.807, 2.05) is 37.5 Å². The van der Waals surface area contributed by atoms with Crippen LogP contribution in [0.1, 0.15) is 49.5 Å². The van der Waals surface area contributed by atoms with Gasteiger partial charge in [0.15, 0.2) is 0 Å². The van der Waals surface area contributed by atoms with Crippen molar-refractivity contribution in [2.75, 3.05) is 33.2 Å². The minimum Gasteiger partial charge on any atom is -0.490 e. The predicted molar refractivity (Wildman–Crippen MR) is 115 cm³/mol. The topological polar surface area (TPSA) is 61.5 Å². The number of benzene rings is 1. The van der Waals surface area contributed by atoms with Gasteiger partial charge in [0.1, 0.15) is 11.9 Å². The normalized spacial score (nSPS) is 16.0. The Morgan fingerprint density at radius 3 is 2.72 bits per heavy atom. The van der Waals surface area contributed by atoms with Crippen molar-refractivity contribution in [1.82, 2.24) is 20.0 Å². The zero-order valence-electron chi connectivity index (χ0n) is 18.1. The molecule has 29 heavy (non-hydrogen) atoms. The molecule has 1 amide bonds. The second-order valence-corrected chi connectivity index (χ2v) is 9.27. The molecule has 0 bridgehead atoms. The molecular weight excluding hydrogens is 364 g/mol. The smallest absolute Gasteiger partial charge is 0.253 e. The molecule has 6 nitrogen and oxygen atoms in total. The molecule has 3 rings (SSSR count). The molecular formula is C23H34N4O2. The van der Waals surface area contributed by atoms with Gasteiger partial charge in [-0.1, -0.05) is 26.8 Å². The number of nitrogens with one attached hydrogen (secondary N) is 1. The van der Waals surface area contributed by atoms with Gasteiger partial charge in [-0.2, -0.15) is 5.10 Å². The Kier molecular flexibility index (Phi) is 6.96. The number of likely N-dealkylation sites (N-methyl/N-ethyl adjacent to an activating group) is 1. The monoisotopic (exact) mass is 398 g/mol. The molecule has 1 aromatic heterocycles. The number of hydrogen-bond acceptors (Lipinski definition) is 4. The fourth-order valence-electron chi connectivity index (χ4n) is 3.78. The standard InChI is InChI=1S/C23H34N4O2/c1-23(2,3)17-27-12-9-20(10-13-27)29-21-7-5-6-19(14-21)22(28)26(4)11-8-18-15-24-25-16-18/h5-7,14-16,20H,8-13,17H2,1-4H3,(H,24,25). The van der Waals surface area contributed by atoms with Gasteiger partial charge in [-0.3, -0.25) is 9.89 Å². The van der Waals surface area contributed by atoms with Crippen LogP contribution in [0.4, 0.5) is 0 Å². The van der Waals surface area contributed by atoms with Crippen molar-refractivity contribution in [1.29, 1.82) is 0 Å². The first kappa shape index (κ1) is 21.4. The number of likely N-dealkylation sites (tertiary alicyclic amines) is 1. The molecule has 1 saturated heterocycles. The fourth-order valence-corrected chi connectivity index (χ4v) is 3.78. The third-order valence-corrected chi connectivity index (χ3v) is 5.25. The van der Waals surface area contributed by atoms with E-state index in [4.69, 9.17) is 4.74 Å². The van der Waals surface area contributed by atoms with Crippen LogP contribution in [0.15, 0.2) is 36.7 Å². The molecule has 158 valence electrons. The minimum atomic E-state index is 0.0129. The number of rotatable bonds is 7. The highest BCUT2D eigenvalue weighted by Crippen LogP contribution is 2.23. The summed E-state index contributed by atoms with van der Waals surface area (Å²) in [6.45, 7) is 10.7. The Hall–Kier alpha value is -2.34. The Morgan fingerprint density at radius 2 is 2.07 bits per heavy atom. The van der Waals surface area contributed by atoms with Gasteiger partial charge in [-0.15, -0.1) is 0 Å². The summed E-state index contributed by atoms with van der Waals surface area (Å²) in [4.78, 5) is 17.0. The van der Waals surface area contributed by atoms with Crippen molar-refractivity contribution in [3.05, 3.63) is 47.8 Å². The van der Waals surface area contributed by atoms with Crippen LogP contribution in [0.5, 0.6) is 5.75 Å². The van der Waals surface area contributed by atoms with Gasteiger partial charge in [0.05, 0.1) is 6.20 Å². The van der Waals surface area contributed by atoms with Crippen molar-refractivity contribution in [3.63, 3.8) is 0 Å². The number of nitrogens with zero attached hydrogens (tertiary/aromatic N) is 3. The van der Waals surface area contributed by atoms with Gasteiger partial charge in [-0.25, -0.2) is 0 Å². The number of H-pyrrole nitrogens is 1. The summed E-state index contributed by atoms with van der Waals surface area (Å²) in [5.41, 5.74) is 2.09. The van der Waals surface area contributed by atoms with Gasteiger partial charge < -0.3 is 14.5 Å². The van der Waals surface area contributed by atoms with Gasteiger partial charge in [0.25, 0.3) is 5.91 Å². The van der Waals surface area contributed by atoms with Gasteiger partial charge >= 0.3 is 0 Å². The van der Waals surface area contributed by atoms with Crippen molar-refractivity contribution in [2.45, 2.75) is 46.1 Å². The first-order chi connectivity index (χ1) is 13.8. The summed E-state index contributed by atoms with van der Waals surface area (Å²) in [5, 5.41) is 6.75. The van der Waals surface area contributed by atoms with E-state index in [9.17, 15) is 4.79 Å². The van der Waals surface area contributed by atoms with Crippen LogP contribution in [0, 0.1) is 5.41 Å². The van der Waals surface area contributed by atoms with Crippen molar-refractivity contribution < 1.29 is 9.53 Å². The molecule has 6 heteroatoms. The van der Waals surface area contributed by atoms with Crippen molar-refractivity contribution in [3.8, 4) is 5.75 Å². The van der Waals surface area contributed by atoms with Crippen LogP contribution in [0.2, 0.25) is 0 Å². The molecule has 1 aliphatic rings. The molecule has 0 atom stereocenters. The number of carbonyl (C=O) groups excluding carboxylic acids is 1. The lowest BCUT2D eigenvalue weighted by atomic mass is 9.94. The van der Waals surface area contributed by atoms with E-state index in [-0.39, 0.29) is 12.0 Å². The Bertz CT molecular complexity index is 774. The lowest BCUT2D eigenvalue weighted by Crippen LogP contribution is -2.42. The van der Waals surface area contributed by atoms with E-state index >= 15 is 0 Å². The number of carbonyl (C=O) groups is 1. The molecule has 2 heterocycles. The number of ether oxygens (including phenoxy) is 1. The zero-order valence-corrected chi connectivity index (χ0v) is 18.1. The highest BCUT2D eigenvalue weighted by molar-refractivity contribution is 5.94. The molecule has 1 fully saturated rings. The van der Waals surface area contributed by atoms with Crippen LogP contribution >= 0.6 is 0 Å². The molecule has 0 radical (unpaired) electrons. The SMILES string of the molecule is CN(CCc1cn[nH]c1)C(=O)c1cccc(OC2CCN(CC(C)(C)C)CC2)c1. The second kappa shape index (κ2) is 9.44. The van der Waals surface area contributed by atoms with E-state index < -0.39 is 0 Å². The third kappa shape index (κ3) is 6.60. The molecule has 0 unspecified atom stereocenters. The van der Waals surface area contributed by atoms with Crippen molar-refractivity contribution >= 4 is 5.91 Å². The van der Waals surface area contributed by atoms with E-state index in [2.05, 4.69) is 35.9 Å². The summed E-state index contributed by atoms with van der Waals surface area (Å²) in [6, 6.07) is 7.58. The fraction of sp³-hybridized carbons (Fsp3) is 0.565. The largest absolute Gasteiger partial charge is 0.490 e. The summed E-state index contributed by atoms with van der Waals surface area (Å²) >= 11 is 0. The average Bonchev–Trinajstić information content (AvgIpc) is 3.20. The van der Waals surface area contributed by atoms with Gasteiger partial charge in [0, 0.05) is 45.0 Å². The molecule has 0 spiro atoms. The number of amides is 1. The van der Waals surface area contributed by atoms with Crippen LogP contribution in [0.3, 0.4) is 0 Å². The Labute approximate surface area is 174 Å². The maximum absolute atomic E-state index is 12.8. The summed E-state index contributed by atoms with van der Waals surface area (Å²) in [5.74, 6) is 0.798. The van der Waals surface area contributed by atoms with Crippen LogP contribution in [-0.4, -0.2) is 65.2 Å². The molecule has 1 aromatic carbocycles. The number of aromatic nitrogens is 2. The first-order valence-corrected chi connectivity index (χ1v) is 10.5. The van der Waals surface area contributed by atoms with Crippen LogP contribution < -0.4 is 4.74 Å². The predicted octanol–water partition coefficient (Wildman–Crippen LogP) is 3.61. The van der Waals surface area contributed by atoms with E-state index in [1.54, 1.807) is 11.1 Å². The Morgan fingerprint density at radius 1 is 1.31 bits per heavy atom.